The van der Waals surface area contributed by atoms with Crippen molar-refractivity contribution in [3.05, 3.63) is 94.0 Å². The number of amides is 2. The van der Waals surface area contributed by atoms with E-state index >= 15 is 0 Å². The lowest BCUT2D eigenvalue weighted by Crippen LogP contribution is -2.49. The van der Waals surface area contributed by atoms with E-state index in [1.165, 1.54) is 24.4 Å². The Morgan fingerprint density at radius 3 is 2.58 bits per heavy atom. The molecule has 1 aromatic carbocycles. The van der Waals surface area contributed by atoms with Crippen LogP contribution < -0.4 is 0 Å². The normalized spacial score (nSPS) is 18.5. The maximum absolute atomic E-state index is 14.6. The summed E-state index contributed by atoms with van der Waals surface area (Å²) >= 11 is 6.02. The van der Waals surface area contributed by atoms with Gasteiger partial charge in [-0.25, -0.2) is 13.8 Å². The third-order valence-electron chi connectivity index (χ3n) is 8.29. The van der Waals surface area contributed by atoms with E-state index in [0.29, 0.717) is 47.4 Å². The topological polar surface area (TPSA) is 80.6 Å². The molecule has 2 aliphatic rings. The largest absolute Gasteiger partial charge is 0.361 e. The molecule has 0 bridgehead atoms. The van der Waals surface area contributed by atoms with Crippen molar-refractivity contribution in [1.82, 2.24) is 24.3 Å². The van der Waals surface area contributed by atoms with Crippen LogP contribution in [0.3, 0.4) is 0 Å². The van der Waals surface area contributed by atoms with Gasteiger partial charge in [-0.2, -0.15) is 0 Å². The molecule has 1 atom stereocenters. The third kappa shape index (κ3) is 5.34. The number of hydrogen-bond donors (Lipinski definition) is 0. The van der Waals surface area contributed by atoms with Crippen LogP contribution in [0.15, 0.2) is 54.9 Å². The van der Waals surface area contributed by atoms with E-state index < -0.39 is 19.4 Å². The SMILES string of the molecule is C[Si](C)(C)CCOCn1c(CN2C(=O)c3cnccc3C23CCN(Cc2ccc(F)cc2)C3=O)cc2nc(Cl)c(F)cc21. The number of carbonyl (C=O) groups excluding carboxylic acids is 2. The number of pyridine rings is 2. The van der Waals surface area contributed by atoms with Crippen LogP contribution in [0.5, 0.6) is 0 Å². The number of hydrogen-bond acceptors (Lipinski definition) is 5. The Morgan fingerprint density at radius 2 is 1.84 bits per heavy atom. The minimum atomic E-state index is -1.35. The number of halogens is 3. The van der Waals surface area contributed by atoms with Gasteiger partial charge in [0.2, 0.25) is 0 Å². The predicted molar refractivity (Wildman–Crippen MR) is 161 cm³/mol. The van der Waals surface area contributed by atoms with Crippen molar-refractivity contribution in [3.63, 3.8) is 0 Å². The molecule has 6 rings (SSSR count). The second-order valence-corrected chi connectivity index (χ2v) is 18.3. The lowest BCUT2D eigenvalue weighted by Gasteiger charge is -2.34. The summed E-state index contributed by atoms with van der Waals surface area (Å²) in [6.07, 6.45) is 3.47. The maximum Gasteiger partial charge on any atom is 0.257 e. The van der Waals surface area contributed by atoms with Gasteiger partial charge in [-0.1, -0.05) is 43.4 Å². The van der Waals surface area contributed by atoms with E-state index in [1.807, 2.05) is 0 Å². The van der Waals surface area contributed by atoms with Crippen molar-refractivity contribution in [2.45, 2.75) is 57.5 Å². The van der Waals surface area contributed by atoms with Crippen LogP contribution in [0.2, 0.25) is 30.8 Å². The Bertz CT molecular complexity index is 1730. The molecule has 1 saturated heterocycles. The smallest absolute Gasteiger partial charge is 0.257 e. The first-order valence-electron chi connectivity index (χ1n) is 14.2. The monoisotopic (exact) mass is 623 g/mol. The number of rotatable bonds is 9. The van der Waals surface area contributed by atoms with Gasteiger partial charge in [0.25, 0.3) is 11.8 Å². The molecule has 43 heavy (non-hydrogen) atoms. The summed E-state index contributed by atoms with van der Waals surface area (Å²) in [6, 6.07) is 11.8. The minimum absolute atomic E-state index is 0.0522. The zero-order valence-corrected chi connectivity index (χ0v) is 26.0. The Kier molecular flexibility index (Phi) is 7.60. The second-order valence-electron chi connectivity index (χ2n) is 12.4. The first-order valence-corrected chi connectivity index (χ1v) is 18.3. The molecule has 224 valence electrons. The van der Waals surface area contributed by atoms with Crippen LogP contribution in [-0.4, -0.2) is 57.4 Å². The minimum Gasteiger partial charge on any atom is -0.361 e. The van der Waals surface area contributed by atoms with E-state index in [4.69, 9.17) is 16.3 Å². The molecule has 2 aliphatic heterocycles. The van der Waals surface area contributed by atoms with E-state index in [9.17, 15) is 18.4 Å². The molecule has 0 N–H and O–H groups in total. The summed E-state index contributed by atoms with van der Waals surface area (Å²) in [7, 11) is -1.35. The molecule has 0 radical (unpaired) electrons. The van der Waals surface area contributed by atoms with E-state index in [0.717, 1.165) is 11.6 Å². The maximum atomic E-state index is 14.6. The third-order valence-corrected chi connectivity index (χ3v) is 10.3. The van der Waals surface area contributed by atoms with Gasteiger partial charge in [-0.05, 0) is 35.9 Å². The highest BCUT2D eigenvalue weighted by atomic mass is 35.5. The van der Waals surface area contributed by atoms with Crippen LogP contribution in [-0.2, 0) is 34.9 Å². The van der Waals surface area contributed by atoms with Crippen LogP contribution in [0, 0.1) is 11.6 Å². The number of ether oxygens (including phenoxy) is 1. The predicted octanol–water partition coefficient (Wildman–Crippen LogP) is 5.96. The molecule has 8 nitrogen and oxygen atoms in total. The molecule has 2 amide bonds. The second kappa shape index (κ2) is 11.1. The first-order chi connectivity index (χ1) is 20.5. The van der Waals surface area contributed by atoms with Gasteiger partial charge < -0.3 is 19.1 Å². The van der Waals surface area contributed by atoms with Crippen LogP contribution in [0.4, 0.5) is 8.78 Å². The number of benzene rings is 1. The molecule has 0 saturated carbocycles. The van der Waals surface area contributed by atoms with Crippen molar-refractivity contribution >= 4 is 42.5 Å². The average molecular weight is 624 g/mol. The molecular formula is C31H32ClF2N5O3Si. The number of nitrogens with zero attached hydrogens (tertiary/aromatic N) is 5. The fraction of sp³-hybridized carbons (Fsp3) is 0.355. The lowest BCUT2D eigenvalue weighted by molar-refractivity contribution is -0.137. The standard InChI is InChI=1S/C31H32ClF2N5O3Si/c1-43(2,3)13-12-42-19-38-22(14-26-27(38)15-25(34)28(32)36-26)18-39-29(40)23-16-35-10-8-24(23)31(39)9-11-37(30(31)41)17-20-4-6-21(33)7-5-20/h4-8,10,14-16H,9,11-13,17-19H2,1-3H3. The number of fused-ring (bicyclic) bond motifs is 3. The van der Waals surface area contributed by atoms with Gasteiger partial charge in [0.1, 0.15) is 12.5 Å². The highest BCUT2D eigenvalue weighted by Crippen LogP contribution is 2.47. The Morgan fingerprint density at radius 1 is 1.07 bits per heavy atom. The van der Waals surface area contributed by atoms with Gasteiger partial charge in [-0.15, -0.1) is 0 Å². The van der Waals surface area contributed by atoms with Crippen molar-refractivity contribution in [3.8, 4) is 0 Å². The van der Waals surface area contributed by atoms with E-state index in [-0.39, 0.29) is 42.6 Å². The quantitative estimate of drug-likeness (QED) is 0.131. The molecular weight excluding hydrogens is 592 g/mol. The molecule has 5 heterocycles. The van der Waals surface area contributed by atoms with Gasteiger partial charge in [-0.3, -0.25) is 14.6 Å². The lowest BCUT2D eigenvalue weighted by atomic mass is 9.88. The van der Waals surface area contributed by atoms with Crippen LogP contribution in [0.1, 0.15) is 33.6 Å². The molecule has 1 unspecified atom stereocenters. The van der Waals surface area contributed by atoms with Crippen molar-refractivity contribution in [2.75, 3.05) is 13.2 Å². The van der Waals surface area contributed by atoms with Crippen molar-refractivity contribution in [2.24, 2.45) is 0 Å². The van der Waals surface area contributed by atoms with Crippen molar-refractivity contribution < 1.29 is 23.1 Å². The Labute approximate surface area is 254 Å². The molecule has 12 heteroatoms. The summed E-state index contributed by atoms with van der Waals surface area (Å²) in [5.74, 6) is -1.53. The van der Waals surface area contributed by atoms with Gasteiger partial charge in [0.15, 0.2) is 16.5 Å². The fourth-order valence-electron chi connectivity index (χ4n) is 5.99. The number of likely N-dealkylation sites (tertiary alicyclic amines) is 1. The first kappa shape index (κ1) is 29.4. The molecule has 1 fully saturated rings. The Hall–Kier alpha value is -3.67. The van der Waals surface area contributed by atoms with Gasteiger partial charge in [0, 0.05) is 63.9 Å². The van der Waals surface area contributed by atoms with Gasteiger partial charge >= 0.3 is 0 Å². The molecule has 4 aromatic rings. The van der Waals surface area contributed by atoms with Crippen molar-refractivity contribution in [1.29, 1.82) is 0 Å². The zero-order valence-electron chi connectivity index (χ0n) is 24.2. The van der Waals surface area contributed by atoms with Gasteiger partial charge in [0.05, 0.1) is 23.1 Å². The summed E-state index contributed by atoms with van der Waals surface area (Å²) in [5, 5.41) is -0.245. The Balaban J connectivity index is 1.37. The summed E-state index contributed by atoms with van der Waals surface area (Å²) < 4.78 is 35.9. The molecule has 0 aliphatic carbocycles. The summed E-state index contributed by atoms with van der Waals surface area (Å²) in [5.41, 5.74) is 2.12. The average Bonchev–Trinajstić information content (AvgIpc) is 3.54. The van der Waals surface area contributed by atoms with E-state index in [1.54, 1.807) is 44.8 Å². The number of carbonyl (C=O) groups is 2. The van der Waals surface area contributed by atoms with Crippen LogP contribution >= 0.6 is 11.6 Å². The molecule has 1 spiro atoms. The summed E-state index contributed by atoms with van der Waals surface area (Å²) in [6.45, 7) is 8.20. The zero-order chi connectivity index (χ0) is 30.5. The summed E-state index contributed by atoms with van der Waals surface area (Å²) in [4.78, 5) is 39.9. The fourth-order valence-corrected chi connectivity index (χ4v) is 6.89. The highest BCUT2D eigenvalue weighted by Gasteiger charge is 2.59. The molecule has 3 aromatic heterocycles. The highest BCUT2D eigenvalue weighted by molar-refractivity contribution is 6.76. The van der Waals surface area contributed by atoms with Crippen LogP contribution in [0.25, 0.3) is 11.0 Å². The van der Waals surface area contributed by atoms with E-state index in [2.05, 4.69) is 29.6 Å². The number of aromatic nitrogens is 3.